The maximum atomic E-state index is 15.8. The maximum Gasteiger partial charge on any atom is 0.265 e. The molecule has 5 rings (SSSR count). The normalized spacial score (nSPS) is 14.5. The molecule has 3 heterocycles. The number of anilines is 1. The number of nitrogens with zero attached hydrogens (tertiary/aromatic N) is 4. The van der Waals surface area contributed by atoms with E-state index in [9.17, 15) is 17.2 Å². The van der Waals surface area contributed by atoms with Crippen molar-refractivity contribution in [3.05, 3.63) is 84.6 Å². The van der Waals surface area contributed by atoms with Gasteiger partial charge in [-0.05, 0) is 74.0 Å². The fraction of sp³-hybridized carbons (Fsp3) is 0.259. The van der Waals surface area contributed by atoms with E-state index in [0.717, 1.165) is 31.3 Å². The molecular weight excluding hydrogens is 515 g/mol. The zero-order chi connectivity index (χ0) is 26.7. The molecule has 1 aliphatic heterocycles. The highest BCUT2D eigenvalue weighted by atomic mass is 32.2. The molecule has 0 atom stereocenters. The summed E-state index contributed by atoms with van der Waals surface area (Å²) in [5.74, 6) is -2.97. The van der Waals surface area contributed by atoms with E-state index in [-0.39, 0.29) is 5.56 Å². The van der Waals surface area contributed by atoms with Crippen LogP contribution in [0.1, 0.15) is 19.3 Å². The smallest absolute Gasteiger partial charge is 0.265 e. The van der Waals surface area contributed by atoms with E-state index in [2.05, 4.69) is 19.7 Å². The van der Waals surface area contributed by atoms with Gasteiger partial charge in [0.2, 0.25) is 0 Å². The summed E-state index contributed by atoms with van der Waals surface area (Å²) < 4.78 is 73.0. The van der Waals surface area contributed by atoms with Gasteiger partial charge < -0.3 is 4.90 Å². The number of piperidine rings is 1. The van der Waals surface area contributed by atoms with Crippen LogP contribution >= 0.6 is 0 Å². The first-order chi connectivity index (χ1) is 18.3. The third-order valence-electron chi connectivity index (χ3n) is 6.53. The van der Waals surface area contributed by atoms with Crippen molar-refractivity contribution in [3.63, 3.8) is 0 Å². The number of aromatic nitrogens is 3. The van der Waals surface area contributed by atoms with Crippen molar-refractivity contribution in [1.82, 2.24) is 19.7 Å². The molecule has 11 heteroatoms. The van der Waals surface area contributed by atoms with Crippen molar-refractivity contribution in [2.24, 2.45) is 0 Å². The lowest BCUT2D eigenvalue weighted by Crippen LogP contribution is -2.32. The van der Waals surface area contributed by atoms with Gasteiger partial charge in [-0.1, -0.05) is 12.5 Å². The molecule has 1 fully saturated rings. The molecule has 0 radical (unpaired) electrons. The molecule has 4 aromatic rings. The topological polar surface area (TPSA) is 80.1 Å². The third-order valence-corrected chi connectivity index (χ3v) is 7.91. The first-order valence-electron chi connectivity index (χ1n) is 12.3. The van der Waals surface area contributed by atoms with Crippen molar-refractivity contribution >= 4 is 15.7 Å². The monoisotopic (exact) mass is 541 g/mol. The molecule has 1 saturated heterocycles. The summed E-state index contributed by atoms with van der Waals surface area (Å²) in [4.78, 5) is 5.51. The minimum Gasteiger partial charge on any atom is -0.301 e. The van der Waals surface area contributed by atoms with Crippen LogP contribution in [0.15, 0.2) is 72.0 Å². The summed E-state index contributed by atoms with van der Waals surface area (Å²) in [7, 11) is -4.61. The molecule has 0 amide bonds. The minimum absolute atomic E-state index is 0.0634. The molecule has 0 unspecified atom stereocenters. The molecule has 0 saturated carbocycles. The second-order valence-corrected chi connectivity index (χ2v) is 10.8. The molecule has 0 spiro atoms. The van der Waals surface area contributed by atoms with Crippen LogP contribution in [-0.4, -0.2) is 47.7 Å². The number of pyridine rings is 1. The molecule has 7 nitrogen and oxygen atoms in total. The Morgan fingerprint density at radius 1 is 0.895 bits per heavy atom. The lowest BCUT2D eigenvalue weighted by atomic mass is 10.0. The number of sulfonamides is 1. The van der Waals surface area contributed by atoms with Gasteiger partial charge in [-0.25, -0.2) is 21.6 Å². The van der Waals surface area contributed by atoms with Gasteiger partial charge in [0.25, 0.3) is 10.0 Å². The van der Waals surface area contributed by atoms with Gasteiger partial charge in [-0.15, -0.1) is 0 Å². The molecule has 1 N–H and O–H groups in total. The summed E-state index contributed by atoms with van der Waals surface area (Å²) in [6.07, 6.45) is 8.66. The van der Waals surface area contributed by atoms with Crippen LogP contribution in [0.5, 0.6) is 0 Å². The first kappa shape index (κ1) is 25.9. The van der Waals surface area contributed by atoms with Crippen LogP contribution in [0, 0.1) is 17.5 Å². The predicted molar refractivity (Wildman–Crippen MR) is 138 cm³/mol. The molecule has 2 aromatic heterocycles. The summed E-state index contributed by atoms with van der Waals surface area (Å²) in [6, 6.07) is 9.81. The third kappa shape index (κ3) is 5.58. The van der Waals surface area contributed by atoms with Crippen molar-refractivity contribution < 1.29 is 21.6 Å². The highest BCUT2D eigenvalue weighted by Gasteiger charge is 2.24. The average Bonchev–Trinajstić information content (AvgIpc) is 3.35. The van der Waals surface area contributed by atoms with E-state index >= 15 is 4.39 Å². The molecule has 2 aromatic carbocycles. The Balaban J connectivity index is 1.50. The van der Waals surface area contributed by atoms with Crippen LogP contribution in [0.2, 0.25) is 0 Å². The second-order valence-electron chi connectivity index (χ2n) is 9.14. The molecule has 38 heavy (non-hydrogen) atoms. The van der Waals surface area contributed by atoms with Gasteiger partial charge in [-0.2, -0.15) is 5.10 Å². The van der Waals surface area contributed by atoms with Crippen molar-refractivity contribution in [1.29, 1.82) is 0 Å². The molecule has 1 aliphatic rings. The van der Waals surface area contributed by atoms with Gasteiger partial charge in [0.1, 0.15) is 22.2 Å². The first-order valence-corrected chi connectivity index (χ1v) is 13.8. The van der Waals surface area contributed by atoms with Crippen molar-refractivity contribution in [2.45, 2.75) is 30.7 Å². The van der Waals surface area contributed by atoms with Crippen LogP contribution in [-0.2, 0) is 16.6 Å². The van der Waals surface area contributed by atoms with Gasteiger partial charge in [0, 0.05) is 36.3 Å². The van der Waals surface area contributed by atoms with Gasteiger partial charge in [0.05, 0.1) is 12.2 Å². The van der Waals surface area contributed by atoms with E-state index in [4.69, 9.17) is 0 Å². The van der Waals surface area contributed by atoms with Crippen molar-refractivity contribution in [3.8, 4) is 22.4 Å². The Bertz CT molecular complexity index is 1540. The Hall–Kier alpha value is -3.70. The van der Waals surface area contributed by atoms with Crippen LogP contribution < -0.4 is 4.72 Å². The van der Waals surface area contributed by atoms with E-state index in [0.29, 0.717) is 29.9 Å². The van der Waals surface area contributed by atoms with Gasteiger partial charge in [-0.3, -0.25) is 14.4 Å². The summed E-state index contributed by atoms with van der Waals surface area (Å²) in [5.41, 5.74) is 1.40. The Morgan fingerprint density at radius 3 is 2.42 bits per heavy atom. The Morgan fingerprint density at radius 2 is 1.66 bits per heavy atom. The summed E-state index contributed by atoms with van der Waals surface area (Å²) in [5, 5.41) is 4.67. The average molecular weight is 542 g/mol. The minimum atomic E-state index is -4.61. The fourth-order valence-electron chi connectivity index (χ4n) is 4.58. The van der Waals surface area contributed by atoms with Crippen molar-refractivity contribution in [2.75, 3.05) is 24.4 Å². The van der Waals surface area contributed by atoms with Crippen LogP contribution in [0.3, 0.4) is 0 Å². The number of rotatable bonds is 8. The molecular formula is C27H26F3N5O2S. The number of halogens is 3. The Kier molecular flexibility index (Phi) is 7.48. The van der Waals surface area contributed by atoms with E-state index < -0.39 is 38.1 Å². The largest absolute Gasteiger partial charge is 0.301 e. The lowest BCUT2D eigenvalue weighted by molar-refractivity contribution is 0.218. The van der Waals surface area contributed by atoms with Crippen LogP contribution in [0.25, 0.3) is 22.4 Å². The number of hydrogen-bond acceptors (Lipinski definition) is 5. The zero-order valence-electron chi connectivity index (χ0n) is 20.4. The molecule has 198 valence electrons. The number of hydrogen-bond donors (Lipinski definition) is 1. The molecule has 0 bridgehead atoms. The SMILES string of the molecule is O=S(=O)(Nc1cccc(-c2nn(CCN3CCCCC3)cc2-c2ccncc2)c1F)c1cc(F)ccc1F. The Labute approximate surface area is 219 Å². The standard InChI is InChI=1S/C27H26F3N5O2S/c28-20-7-8-23(29)25(17-20)38(36,37)33-24-6-4-5-21(26(24)30)27-22(19-9-11-31-12-10-19)18-35(32-27)16-15-34-13-2-1-3-14-34/h4-12,17-18,33H,1-3,13-16H2. The van der Waals surface area contributed by atoms with Gasteiger partial charge >= 0.3 is 0 Å². The highest BCUT2D eigenvalue weighted by molar-refractivity contribution is 7.92. The fourth-order valence-corrected chi connectivity index (χ4v) is 5.73. The number of benzene rings is 2. The lowest BCUT2D eigenvalue weighted by Gasteiger charge is -2.26. The summed E-state index contributed by atoms with van der Waals surface area (Å²) in [6.45, 7) is 3.48. The van der Waals surface area contributed by atoms with Crippen LogP contribution in [0.4, 0.5) is 18.9 Å². The second kappa shape index (κ2) is 11.0. The maximum absolute atomic E-state index is 15.8. The zero-order valence-corrected chi connectivity index (χ0v) is 21.3. The number of nitrogens with one attached hydrogen (secondary N) is 1. The van der Waals surface area contributed by atoms with E-state index in [1.165, 1.54) is 37.5 Å². The predicted octanol–water partition coefficient (Wildman–Crippen LogP) is 5.32. The number of likely N-dealkylation sites (tertiary alicyclic amines) is 1. The quantitative estimate of drug-likeness (QED) is 0.327. The van der Waals surface area contributed by atoms with E-state index in [1.807, 2.05) is 6.20 Å². The van der Waals surface area contributed by atoms with Gasteiger partial charge in [0.15, 0.2) is 5.82 Å². The molecule has 0 aliphatic carbocycles. The highest BCUT2D eigenvalue weighted by Crippen LogP contribution is 2.35. The summed E-state index contributed by atoms with van der Waals surface area (Å²) >= 11 is 0. The van der Waals surface area contributed by atoms with E-state index in [1.54, 1.807) is 29.2 Å².